The molecule has 1 aliphatic heterocycles. The van der Waals surface area contributed by atoms with E-state index >= 15 is 0 Å². The molecule has 0 spiro atoms. The second kappa shape index (κ2) is 4.09. The normalized spacial score (nSPS) is 21.2. The number of carboxylic acids is 1. The van der Waals surface area contributed by atoms with Gasteiger partial charge in [0.1, 0.15) is 5.56 Å². The first-order valence-corrected chi connectivity index (χ1v) is 5.26. The predicted octanol–water partition coefficient (Wildman–Crippen LogP) is 0.840. The lowest BCUT2D eigenvalue weighted by molar-refractivity contribution is 0.0695. The van der Waals surface area contributed by atoms with E-state index in [1.807, 2.05) is 7.05 Å². The van der Waals surface area contributed by atoms with Crippen LogP contribution in [0.4, 0.5) is 0 Å². The summed E-state index contributed by atoms with van der Waals surface area (Å²) in [7, 11) is 2.00. The van der Waals surface area contributed by atoms with Gasteiger partial charge in [0.05, 0.1) is 0 Å². The van der Waals surface area contributed by atoms with Crippen LogP contribution in [-0.2, 0) is 0 Å². The van der Waals surface area contributed by atoms with Gasteiger partial charge in [-0.2, -0.15) is 0 Å². The molecule has 1 saturated heterocycles. The van der Waals surface area contributed by atoms with Crippen molar-refractivity contribution in [3.8, 4) is 0 Å². The van der Waals surface area contributed by atoms with Crippen molar-refractivity contribution >= 4 is 5.97 Å². The topological polar surface area (TPSA) is 73.4 Å². The van der Waals surface area contributed by atoms with E-state index < -0.39 is 11.5 Å². The number of carbonyl (C=O) groups is 1. The minimum absolute atomic E-state index is 0.204. The molecule has 1 aromatic rings. The van der Waals surface area contributed by atoms with Crippen LogP contribution < -0.4 is 5.56 Å². The molecule has 1 fully saturated rings. The molecule has 5 nitrogen and oxygen atoms in total. The Morgan fingerprint density at radius 3 is 2.81 bits per heavy atom. The zero-order valence-electron chi connectivity index (χ0n) is 9.06. The van der Waals surface area contributed by atoms with Crippen LogP contribution in [-0.4, -0.2) is 34.6 Å². The molecule has 0 bridgehead atoms. The number of hydrogen-bond acceptors (Lipinski definition) is 3. The molecule has 0 radical (unpaired) electrons. The Hall–Kier alpha value is -1.62. The third kappa shape index (κ3) is 1.86. The van der Waals surface area contributed by atoms with Gasteiger partial charge in [-0.05, 0) is 38.6 Å². The van der Waals surface area contributed by atoms with Gasteiger partial charge in [0.25, 0.3) is 5.56 Å². The number of pyridine rings is 1. The average molecular weight is 222 g/mol. The molecule has 0 saturated carbocycles. The Balaban J connectivity index is 2.34. The number of nitrogens with zero attached hydrogens (tertiary/aromatic N) is 1. The number of aromatic carboxylic acids is 1. The van der Waals surface area contributed by atoms with E-state index in [1.54, 1.807) is 6.07 Å². The van der Waals surface area contributed by atoms with Crippen LogP contribution in [0.2, 0.25) is 0 Å². The first-order valence-electron chi connectivity index (χ1n) is 5.26. The van der Waals surface area contributed by atoms with Crippen LogP contribution in [0.3, 0.4) is 0 Å². The van der Waals surface area contributed by atoms with Crippen molar-refractivity contribution in [2.24, 2.45) is 0 Å². The molecule has 1 aliphatic rings. The van der Waals surface area contributed by atoms with E-state index in [-0.39, 0.29) is 11.6 Å². The number of rotatable bonds is 2. The highest BCUT2D eigenvalue weighted by Gasteiger charge is 2.23. The number of aromatic amines is 1. The van der Waals surface area contributed by atoms with Crippen molar-refractivity contribution in [1.82, 2.24) is 9.88 Å². The zero-order valence-corrected chi connectivity index (χ0v) is 9.06. The summed E-state index contributed by atoms with van der Waals surface area (Å²) in [5.41, 5.74) is 0.0738. The molecular weight excluding hydrogens is 208 g/mol. The zero-order chi connectivity index (χ0) is 11.7. The number of hydrogen-bond donors (Lipinski definition) is 2. The summed E-state index contributed by atoms with van der Waals surface area (Å²) in [5, 5.41) is 8.74. The summed E-state index contributed by atoms with van der Waals surface area (Å²) in [6.45, 7) is 1.01. The molecule has 86 valence electrons. The Labute approximate surface area is 92.7 Å². The van der Waals surface area contributed by atoms with E-state index in [1.165, 1.54) is 6.07 Å². The third-order valence-corrected chi connectivity index (χ3v) is 3.04. The molecule has 1 atom stereocenters. The molecule has 0 aliphatic carbocycles. The van der Waals surface area contributed by atoms with Gasteiger partial charge in [0.2, 0.25) is 0 Å². The lowest BCUT2D eigenvalue weighted by Gasteiger charge is -2.19. The maximum absolute atomic E-state index is 11.5. The van der Waals surface area contributed by atoms with Crippen LogP contribution in [0.15, 0.2) is 16.9 Å². The number of nitrogens with one attached hydrogen (secondary N) is 1. The van der Waals surface area contributed by atoms with Gasteiger partial charge in [-0.25, -0.2) is 4.79 Å². The highest BCUT2D eigenvalue weighted by atomic mass is 16.4. The van der Waals surface area contributed by atoms with Gasteiger partial charge >= 0.3 is 5.97 Å². The SMILES string of the molecule is CN1CCCC1c1ccc(C(=O)O)c(=O)[nH]1. The number of carboxylic acid groups (broad SMARTS) is 1. The van der Waals surface area contributed by atoms with E-state index in [9.17, 15) is 9.59 Å². The Kier molecular flexibility index (Phi) is 2.78. The maximum atomic E-state index is 11.5. The molecule has 0 aromatic carbocycles. The maximum Gasteiger partial charge on any atom is 0.341 e. The molecule has 2 N–H and O–H groups in total. The minimum atomic E-state index is -1.19. The van der Waals surface area contributed by atoms with Crippen LogP contribution in [0.25, 0.3) is 0 Å². The van der Waals surface area contributed by atoms with Gasteiger partial charge < -0.3 is 10.1 Å². The molecule has 1 aromatic heterocycles. The van der Waals surface area contributed by atoms with E-state index in [2.05, 4.69) is 9.88 Å². The summed E-state index contributed by atoms with van der Waals surface area (Å²) >= 11 is 0. The van der Waals surface area contributed by atoms with Gasteiger partial charge in [-0.15, -0.1) is 0 Å². The first kappa shape index (κ1) is 10.9. The van der Waals surface area contributed by atoms with Gasteiger partial charge in [-0.3, -0.25) is 9.69 Å². The van der Waals surface area contributed by atoms with Crippen molar-refractivity contribution in [3.63, 3.8) is 0 Å². The summed E-state index contributed by atoms with van der Waals surface area (Å²) in [6, 6.07) is 3.27. The quantitative estimate of drug-likeness (QED) is 0.777. The van der Waals surface area contributed by atoms with Crippen molar-refractivity contribution in [2.45, 2.75) is 18.9 Å². The molecule has 0 amide bonds. The van der Waals surface area contributed by atoms with Gasteiger partial charge in [0.15, 0.2) is 0 Å². The molecule has 5 heteroatoms. The van der Waals surface area contributed by atoms with E-state index in [0.29, 0.717) is 0 Å². The second-order valence-corrected chi connectivity index (χ2v) is 4.10. The number of aromatic nitrogens is 1. The highest BCUT2D eigenvalue weighted by molar-refractivity contribution is 5.86. The largest absolute Gasteiger partial charge is 0.477 e. The van der Waals surface area contributed by atoms with Gasteiger partial charge in [0, 0.05) is 11.7 Å². The summed E-state index contributed by atoms with van der Waals surface area (Å²) in [4.78, 5) is 27.0. The van der Waals surface area contributed by atoms with Gasteiger partial charge in [-0.1, -0.05) is 0 Å². The van der Waals surface area contributed by atoms with Crippen LogP contribution in [0.5, 0.6) is 0 Å². The Morgan fingerprint density at radius 1 is 1.56 bits per heavy atom. The predicted molar refractivity (Wildman–Crippen MR) is 58.6 cm³/mol. The molecule has 2 rings (SSSR count). The van der Waals surface area contributed by atoms with Crippen molar-refractivity contribution < 1.29 is 9.90 Å². The van der Waals surface area contributed by atoms with E-state index in [0.717, 1.165) is 25.1 Å². The first-order chi connectivity index (χ1) is 7.59. The van der Waals surface area contributed by atoms with Crippen LogP contribution in [0.1, 0.15) is 34.9 Å². The summed E-state index contributed by atoms with van der Waals surface area (Å²) < 4.78 is 0. The minimum Gasteiger partial charge on any atom is -0.477 e. The monoisotopic (exact) mass is 222 g/mol. The molecular formula is C11H14N2O3. The smallest absolute Gasteiger partial charge is 0.341 e. The lowest BCUT2D eigenvalue weighted by atomic mass is 10.1. The highest BCUT2D eigenvalue weighted by Crippen LogP contribution is 2.28. The Bertz CT molecular complexity index is 467. The summed E-state index contributed by atoms with van der Waals surface area (Å²) in [5.74, 6) is -1.19. The van der Waals surface area contributed by atoms with Crippen LogP contribution in [0, 0.1) is 0 Å². The average Bonchev–Trinajstić information content (AvgIpc) is 2.63. The second-order valence-electron chi connectivity index (χ2n) is 4.10. The van der Waals surface area contributed by atoms with Crippen molar-refractivity contribution in [2.75, 3.05) is 13.6 Å². The van der Waals surface area contributed by atoms with E-state index in [4.69, 9.17) is 5.11 Å². The fourth-order valence-corrected chi connectivity index (χ4v) is 2.15. The third-order valence-electron chi connectivity index (χ3n) is 3.04. The number of likely N-dealkylation sites (tertiary alicyclic amines) is 1. The lowest BCUT2D eigenvalue weighted by Crippen LogP contribution is -2.24. The van der Waals surface area contributed by atoms with Crippen LogP contribution >= 0.6 is 0 Å². The van der Waals surface area contributed by atoms with Crippen molar-refractivity contribution in [1.29, 1.82) is 0 Å². The van der Waals surface area contributed by atoms with Crippen molar-refractivity contribution in [3.05, 3.63) is 33.7 Å². The standard InChI is InChI=1S/C11H14N2O3/c1-13-6-2-3-9(13)8-5-4-7(11(15)16)10(14)12-8/h4-5,9H,2-3,6H2,1H3,(H,12,14)(H,15,16). The molecule has 2 heterocycles. The number of H-pyrrole nitrogens is 1. The molecule has 16 heavy (non-hydrogen) atoms. The fourth-order valence-electron chi connectivity index (χ4n) is 2.15. The summed E-state index contributed by atoms with van der Waals surface area (Å²) in [6.07, 6.45) is 2.10. The fraction of sp³-hybridized carbons (Fsp3) is 0.455. The Morgan fingerprint density at radius 2 is 2.31 bits per heavy atom. The molecule has 1 unspecified atom stereocenters.